The SMILES string of the molecule is CCOCCC1CCC(C2(c3ccc(Cl)c(Cl)c3)CCCCC2)CC1. The van der Waals surface area contributed by atoms with Crippen LogP contribution < -0.4 is 0 Å². The number of hydrogen-bond acceptors (Lipinski definition) is 1. The predicted molar refractivity (Wildman–Crippen MR) is 108 cm³/mol. The van der Waals surface area contributed by atoms with Crippen LogP contribution in [0.25, 0.3) is 0 Å². The van der Waals surface area contributed by atoms with E-state index in [0.29, 0.717) is 10.4 Å². The van der Waals surface area contributed by atoms with Gasteiger partial charge in [0, 0.05) is 13.2 Å². The zero-order valence-corrected chi connectivity index (χ0v) is 17.0. The number of hydrogen-bond donors (Lipinski definition) is 0. The van der Waals surface area contributed by atoms with Crippen LogP contribution in [0.1, 0.15) is 76.7 Å². The van der Waals surface area contributed by atoms with Crippen molar-refractivity contribution in [1.82, 2.24) is 0 Å². The van der Waals surface area contributed by atoms with Crippen LogP contribution in [0.4, 0.5) is 0 Å². The molecule has 0 amide bonds. The average Bonchev–Trinajstić information content (AvgIpc) is 2.65. The van der Waals surface area contributed by atoms with Gasteiger partial charge >= 0.3 is 0 Å². The second-order valence-corrected chi connectivity index (χ2v) is 8.86. The molecular weight excluding hydrogens is 351 g/mol. The summed E-state index contributed by atoms with van der Waals surface area (Å²) in [5, 5.41) is 1.39. The second-order valence-electron chi connectivity index (χ2n) is 8.05. The first-order valence-corrected chi connectivity index (χ1v) is 10.9. The molecule has 2 aliphatic carbocycles. The van der Waals surface area contributed by atoms with E-state index in [2.05, 4.69) is 19.1 Å². The fourth-order valence-electron chi connectivity index (χ4n) is 5.32. The highest BCUT2D eigenvalue weighted by Crippen LogP contribution is 2.51. The van der Waals surface area contributed by atoms with Crippen molar-refractivity contribution in [3.05, 3.63) is 33.8 Å². The Bertz CT molecular complexity index is 543. The maximum absolute atomic E-state index is 6.38. The first-order chi connectivity index (χ1) is 12.2. The minimum atomic E-state index is 0.331. The first-order valence-electron chi connectivity index (χ1n) is 10.2. The Kier molecular flexibility index (Phi) is 7.11. The minimum Gasteiger partial charge on any atom is -0.382 e. The van der Waals surface area contributed by atoms with Crippen molar-refractivity contribution in [3.63, 3.8) is 0 Å². The normalized spacial score (nSPS) is 26.5. The molecule has 0 radical (unpaired) electrons. The van der Waals surface area contributed by atoms with Crippen LogP contribution in [0.15, 0.2) is 18.2 Å². The van der Waals surface area contributed by atoms with Gasteiger partial charge in [0.05, 0.1) is 10.0 Å². The Morgan fingerprint density at radius 1 is 1.00 bits per heavy atom. The van der Waals surface area contributed by atoms with Crippen LogP contribution in [0, 0.1) is 11.8 Å². The Hall–Kier alpha value is -0.240. The molecule has 140 valence electrons. The predicted octanol–water partition coefficient (Wildman–Crippen LogP) is 7.43. The molecule has 0 aliphatic heterocycles. The van der Waals surface area contributed by atoms with E-state index in [1.165, 1.54) is 69.8 Å². The zero-order chi connectivity index (χ0) is 17.7. The number of ether oxygens (including phenoxy) is 1. The average molecular weight is 383 g/mol. The van der Waals surface area contributed by atoms with E-state index in [0.717, 1.165) is 30.1 Å². The fourth-order valence-corrected chi connectivity index (χ4v) is 5.62. The third-order valence-electron chi connectivity index (χ3n) is 6.74. The monoisotopic (exact) mass is 382 g/mol. The zero-order valence-electron chi connectivity index (χ0n) is 15.5. The summed E-state index contributed by atoms with van der Waals surface area (Å²) < 4.78 is 5.57. The van der Waals surface area contributed by atoms with Crippen molar-refractivity contribution in [2.45, 2.75) is 76.5 Å². The quantitative estimate of drug-likeness (QED) is 0.464. The van der Waals surface area contributed by atoms with E-state index in [9.17, 15) is 0 Å². The van der Waals surface area contributed by atoms with Crippen LogP contribution in [-0.2, 0) is 10.2 Å². The van der Waals surface area contributed by atoms with E-state index >= 15 is 0 Å². The molecule has 0 saturated heterocycles. The summed E-state index contributed by atoms with van der Waals surface area (Å²) in [7, 11) is 0. The maximum Gasteiger partial charge on any atom is 0.0595 e. The molecule has 1 aromatic carbocycles. The molecule has 0 aromatic heterocycles. The van der Waals surface area contributed by atoms with Gasteiger partial charge in [-0.2, -0.15) is 0 Å². The molecule has 1 aromatic rings. The summed E-state index contributed by atoms with van der Waals surface area (Å²) >= 11 is 12.6. The summed E-state index contributed by atoms with van der Waals surface area (Å²) in [6.07, 6.45) is 13.4. The van der Waals surface area contributed by atoms with Crippen molar-refractivity contribution in [3.8, 4) is 0 Å². The van der Waals surface area contributed by atoms with Gasteiger partial charge in [-0.25, -0.2) is 0 Å². The Morgan fingerprint density at radius 3 is 2.36 bits per heavy atom. The molecule has 2 aliphatic rings. The maximum atomic E-state index is 6.38. The van der Waals surface area contributed by atoms with Crippen molar-refractivity contribution < 1.29 is 4.74 Å². The molecule has 0 bridgehead atoms. The molecular formula is C22H32Cl2O. The van der Waals surface area contributed by atoms with Crippen LogP contribution >= 0.6 is 23.2 Å². The van der Waals surface area contributed by atoms with E-state index in [-0.39, 0.29) is 0 Å². The number of benzene rings is 1. The largest absolute Gasteiger partial charge is 0.382 e. The van der Waals surface area contributed by atoms with Crippen LogP contribution in [0.3, 0.4) is 0 Å². The molecule has 0 N–H and O–H groups in total. The highest BCUT2D eigenvalue weighted by Gasteiger charge is 2.42. The fraction of sp³-hybridized carbons (Fsp3) is 0.727. The van der Waals surface area contributed by atoms with Gasteiger partial charge in [0.1, 0.15) is 0 Å². The van der Waals surface area contributed by atoms with Crippen molar-refractivity contribution in [1.29, 1.82) is 0 Å². The van der Waals surface area contributed by atoms with E-state index in [1.54, 1.807) is 0 Å². The minimum absolute atomic E-state index is 0.331. The molecule has 1 nitrogen and oxygen atoms in total. The standard InChI is InChI=1S/C22H32Cl2O/c1-2-25-15-12-17-6-8-18(9-7-17)22(13-4-3-5-14-22)19-10-11-20(23)21(24)16-19/h10-11,16-18H,2-9,12-15H2,1H3. The van der Waals surface area contributed by atoms with E-state index in [4.69, 9.17) is 27.9 Å². The van der Waals surface area contributed by atoms with Gasteiger partial charge < -0.3 is 4.74 Å². The Labute approximate surface area is 163 Å². The molecule has 0 unspecified atom stereocenters. The summed E-state index contributed by atoms with van der Waals surface area (Å²) in [5.41, 5.74) is 1.77. The molecule has 3 heteroatoms. The second kappa shape index (κ2) is 9.11. The molecule has 0 heterocycles. The summed E-state index contributed by atoms with van der Waals surface area (Å²) in [4.78, 5) is 0. The van der Waals surface area contributed by atoms with Crippen LogP contribution in [0.5, 0.6) is 0 Å². The van der Waals surface area contributed by atoms with E-state index < -0.39 is 0 Å². The molecule has 25 heavy (non-hydrogen) atoms. The lowest BCUT2D eigenvalue weighted by Crippen LogP contribution is -2.39. The van der Waals surface area contributed by atoms with Gasteiger partial charge in [0.25, 0.3) is 0 Å². The van der Waals surface area contributed by atoms with Crippen LogP contribution in [-0.4, -0.2) is 13.2 Å². The van der Waals surface area contributed by atoms with Gasteiger partial charge in [0.15, 0.2) is 0 Å². The Morgan fingerprint density at radius 2 is 1.72 bits per heavy atom. The molecule has 2 saturated carbocycles. The highest BCUT2D eigenvalue weighted by atomic mass is 35.5. The third-order valence-corrected chi connectivity index (χ3v) is 7.48. The first kappa shape index (κ1) is 19.5. The van der Waals surface area contributed by atoms with Gasteiger partial charge in [-0.15, -0.1) is 0 Å². The lowest BCUT2D eigenvalue weighted by Gasteiger charge is -2.47. The van der Waals surface area contributed by atoms with Crippen molar-refractivity contribution in [2.24, 2.45) is 11.8 Å². The topological polar surface area (TPSA) is 9.23 Å². The third kappa shape index (κ3) is 4.54. The molecule has 2 fully saturated rings. The van der Waals surface area contributed by atoms with Gasteiger partial charge in [-0.1, -0.05) is 61.4 Å². The van der Waals surface area contributed by atoms with E-state index in [1.807, 2.05) is 6.07 Å². The molecule has 3 rings (SSSR count). The Balaban J connectivity index is 1.72. The molecule has 0 atom stereocenters. The smallest absolute Gasteiger partial charge is 0.0595 e. The lowest BCUT2D eigenvalue weighted by molar-refractivity contribution is 0.0961. The number of rotatable bonds is 6. The molecule has 0 spiro atoms. The van der Waals surface area contributed by atoms with Gasteiger partial charge in [0.2, 0.25) is 0 Å². The summed E-state index contributed by atoms with van der Waals surface area (Å²) in [6, 6.07) is 6.42. The summed E-state index contributed by atoms with van der Waals surface area (Å²) in [6.45, 7) is 3.86. The van der Waals surface area contributed by atoms with Crippen molar-refractivity contribution in [2.75, 3.05) is 13.2 Å². The van der Waals surface area contributed by atoms with Crippen LogP contribution in [0.2, 0.25) is 10.0 Å². The van der Waals surface area contributed by atoms with Gasteiger partial charge in [-0.05, 0) is 74.0 Å². The summed E-state index contributed by atoms with van der Waals surface area (Å²) in [5.74, 6) is 1.66. The number of halogens is 2. The highest BCUT2D eigenvalue weighted by molar-refractivity contribution is 6.42. The lowest BCUT2D eigenvalue weighted by atomic mass is 9.57. The van der Waals surface area contributed by atoms with Crippen molar-refractivity contribution >= 4 is 23.2 Å². The van der Waals surface area contributed by atoms with Gasteiger partial charge in [-0.3, -0.25) is 0 Å².